The molecule has 0 fully saturated rings. The van der Waals surface area contributed by atoms with Crippen LogP contribution in [-0.2, 0) is 6.54 Å². The summed E-state index contributed by atoms with van der Waals surface area (Å²) in [7, 11) is 0. The van der Waals surface area contributed by atoms with Gasteiger partial charge in [-0.2, -0.15) is 0 Å². The number of carbonyl (C=O) groups is 1. The molecule has 0 aliphatic heterocycles. The van der Waals surface area contributed by atoms with Gasteiger partial charge in [0.25, 0.3) is 0 Å². The second-order valence-electron chi connectivity index (χ2n) is 3.41. The molecule has 0 saturated carbocycles. The molecule has 0 unspecified atom stereocenters. The van der Waals surface area contributed by atoms with Gasteiger partial charge in [-0.1, -0.05) is 0 Å². The topological polar surface area (TPSA) is 68.9 Å². The summed E-state index contributed by atoms with van der Waals surface area (Å²) in [6.45, 7) is 2.26. The maximum Gasteiger partial charge on any atom is 0.213 e. The van der Waals surface area contributed by atoms with Crippen LogP contribution in [0.1, 0.15) is 26.6 Å². The molecule has 0 aromatic carbocycles. The summed E-state index contributed by atoms with van der Waals surface area (Å²) in [4.78, 5) is 20.1. The van der Waals surface area contributed by atoms with Gasteiger partial charge in [-0.3, -0.25) is 9.78 Å². The van der Waals surface area contributed by atoms with E-state index in [-0.39, 0.29) is 5.78 Å². The minimum atomic E-state index is -0.104. The van der Waals surface area contributed by atoms with Crippen LogP contribution in [0.2, 0.25) is 0 Å². The fourth-order valence-corrected chi connectivity index (χ4v) is 1.99. The molecule has 0 radical (unpaired) electrons. The van der Waals surface area contributed by atoms with Gasteiger partial charge in [0, 0.05) is 29.9 Å². The van der Waals surface area contributed by atoms with E-state index in [1.165, 1.54) is 11.3 Å². The number of nitrogens with zero attached hydrogens (tertiary/aromatic N) is 2. The van der Waals surface area contributed by atoms with E-state index in [4.69, 9.17) is 5.73 Å². The monoisotopic (exact) mass is 233 g/mol. The largest absolute Gasteiger partial charge is 0.325 e. The molecule has 82 valence electrons. The van der Waals surface area contributed by atoms with Gasteiger partial charge in [0.15, 0.2) is 0 Å². The molecule has 0 aliphatic rings. The molecule has 5 heteroatoms. The number of pyridine rings is 1. The summed E-state index contributed by atoms with van der Waals surface area (Å²) in [5, 5.41) is 2.50. The fourth-order valence-electron chi connectivity index (χ4n) is 1.34. The highest BCUT2D eigenvalue weighted by atomic mass is 32.1. The number of hydrogen-bond acceptors (Lipinski definition) is 5. The van der Waals surface area contributed by atoms with E-state index >= 15 is 0 Å². The smallest absolute Gasteiger partial charge is 0.213 e. The molecule has 16 heavy (non-hydrogen) atoms. The van der Waals surface area contributed by atoms with E-state index in [2.05, 4.69) is 9.97 Å². The first kappa shape index (κ1) is 10.9. The highest BCUT2D eigenvalue weighted by Crippen LogP contribution is 2.13. The molecule has 0 amide bonds. The van der Waals surface area contributed by atoms with Crippen molar-refractivity contribution in [3.05, 3.63) is 45.7 Å². The van der Waals surface area contributed by atoms with Gasteiger partial charge in [0.05, 0.1) is 0 Å². The maximum absolute atomic E-state index is 12.0. The van der Waals surface area contributed by atoms with Crippen LogP contribution in [0.5, 0.6) is 0 Å². The molecular formula is C11H11N3OS. The average Bonchev–Trinajstić information content (AvgIpc) is 2.76. The molecule has 2 rings (SSSR count). The van der Waals surface area contributed by atoms with Gasteiger partial charge in [-0.05, 0) is 18.6 Å². The van der Waals surface area contributed by atoms with Crippen molar-refractivity contribution in [3.8, 4) is 0 Å². The molecule has 2 aromatic heterocycles. The van der Waals surface area contributed by atoms with Gasteiger partial charge in [0.2, 0.25) is 5.78 Å². The Bertz CT molecular complexity index is 521. The van der Waals surface area contributed by atoms with Crippen LogP contribution >= 0.6 is 11.3 Å². The van der Waals surface area contributed by atoms with Crippen molar-refractivity contribution in [2.24, 2.45) is 5.73 Å². The molecule has 2 N–H and O–H groups in total. The van der Waals surface area contributed by atoms with Crippen LogP contribution in [0.4, 0.5) is 0 Å². The summed E-state index contributed by atoms with van der Waals surface area (Å²) >= 11 is 1.40. The Morgan fingerprint density at radius 2 is 2.31 bits per heavy atom. The fraction of sp³-hybridized carbons (Fsp3) is 0.182. The number of thiazole rings is 1. The van der Waals surface area contributed by atoms with Crippen molar-refractivity contribution in [3.63, 3.8) is 0 Å². The Hall–Kier alpha value is -1.59. The molecule has 2 heterocycles. The number of carbonyl (C=O) groups excluding carboxylic acids is 1. The van der Waals surface area contributed by atoms with Crippen LogP contribution in [-0.4, -0.2) is 15.8 Å². The second kappa shape index (κ2) is 4.51. The SMILES string of the molecule is Cc1cncc(C(=O)c2csc(CN)n2)c1. The Balaban J connectivity index is 2.31. The summed E-state index contributed by atoms with van der Waals surface area (Å²) in [6, 6.07) is 1.80. The van der Waals surface area contributed by atoms with E-state index in [0.29, 0.717) is 17.8 Å². The van der Waals surface area contributed by atoms with Crippen LogP contribution in [0, 0.1) is 6.92 Å². The van der Waals surface area contributed by atoms with Crippen molar-refractivity contribution >= 4 is 17.1 Å². The lowest BCUT2D eigenvalue weighted by molar-refractivity contribution is 0.103. The third-order valence-corrected chi connectivity index (χ3v) is 2.97. The Morgan fingerprint density at radius 1 is 1.50 bits per heavy atom. The zero-order valence-corrected chi connectivity index (χ0v) is 9.62. The number of aromatic nitrogens is 2. The minimum Gasteiger partial charge on any atom is -0.325 e. The molecule has 0 atom stereocenters. The molecule has 0 aliphatic carbocycles. The van der Waals surface area contributed by atoms with Crippen molar-refractivity contribution in [2.75, 3.05) is 0 Å². The predicted octanol–water partition coefficient (Wildman–Crippen LogP) is 1.54. The van der Waals surface area contributed by atoms with Gasteiger partial charge in [-0.25, -0.2) is 4.98 Å². The van der Waals surface area contributed by atoms with E-state index in [0.717, 1.165) is 10.6 Å². The number of rotatable bonds is 3. The van der Waals surface area contributed by atoms with E-state index in [1.54, 1.807) is 23.8 Å². The standard InChI is InChI=1S/C11H11N3OS/c1-7-2-8(5-13-4-7)11(15)9-6-16-10(3-12)14-9/h2,4-6H,3,12H2,1H3. The van der Waals surface area contributed by atoms with E-state index in [1.807, 2.05) is 6.92 Å². The maximum atomic E-state index is 12.0. The second-order valence-corrected chi connectivity index (χ2v) is 4.35. The van der Waals surface area contributed by atoms with E-state index in [9.17, 15) is 4.79 Å². The normalized spacial score (nSPS) is 10.4. The van der Waals surface area contributed by atoms with Gasteiger partial charge in [-0.15, -0.1) is 11.3 Å². The summed E-state index contributed by atoms with van der Waals surface area (Å²) in [5.41, 5.74) is 7.42. The molecule has 0 saturated heterocycles. The Kier molecular flexibility index (Phi) is 3.07. The summed E-state index contributed by atoms with van der Waals surface area (Å²) in [6.07, 6.45) is 3.26. The first-order valence-corrected chi connectivity index (χ1v) is 5.69. The first-order chi connectivity index (χ1) is 7.70. The molecule has 0 bridgehead atoms. The van der Waals surface area contributed by atoms with Gasteiger partial charge >= 0.3 is 0 Å². The van der Waals surface area contributed by atoms with Crippen molar-refractivity contribution < 1.29 is 4.79 Å². The number of hydrogen-bond donors (Lipinski definition) is 1. The van der Waals surface area contributed by atoms with Gasteiger partial charge in [0.1, 0.15) is 10.7 Å². The third kappa shape index (κ3) is 2.15. The van der Waals surface area contributed by atoms with Crippen LogP contribution in [0.25, 0.3) is 0 Å². The highest BCUT2D eigenvalue weighted by molar-refractivity contribution is 7.09. The molecular weight excluding hydrogens is 222 g/mol. The summed E-state index contributed by atoms with van der Waals surface area (Å²) < 4.78 is 0. The van der Waals surface area contributed by atoms with E-state index < -0.39 is 0 Å². The van der Waals surface area contributed by atoms with Crippen molar-refractivity contribution in [1.82, 2.24) is 9.97 Å². The lowest BCUT2D eigenvalue weighted by Gasteiger charge is -1.97. The van der Waals surface area contributed by atoms with Crippen LogP contribution in [0.15, 0.2) is 23.8 Å². The van der Waals surface area contributed by atoms with Crippen molar-refractivity contribution in [2.45, 2.75) is 13.5 Å². The van der Waals surface area contributed by atoms with Crippen molar-refractivity contribution in [1.29, 1.82) is 0 Å². The molecule has 2 aromatic rings. The van der Waals surface area contributed by atoms with Gasteiger partial charge < -0.3 is 5.73 Å². The average molecular weight is 233 g/mol. The van der Waals surface area contributed by atoms with Crippen LogP contribution < -0.4 is 5.73 Å². The predicted molar refractivity (Wildman–Crippen MR) is 62.4 cm³/mol. The molecule has 0 spiro atoms. The Labute approximate surface area is 97.2 Å². The lowest BCUT2D eigenvalue weighted by atomic mass is 10.1. The first-order valence-electron chi connectivity index (χ1n) is 4.81. The minimum absolute atomic E-state index is 0.104. The number of ketones is 1. The van der Waals surface area contributed by atoms with Crippen LogP contribution in [0.3, 0.4) is 0 Å². The summed E-state index contributed by atoms with van der Waals surface area (Å²) in [5.74, 6) is -0.104. The quantitative estimate of drug-likeness (QED) is 0.816. The Morgan fingerprint density at radius 3 is 2.94 bits per heavy atom. The zero-order valence-electron chi connectivity index (χ0n) is 8.80. The molecule has 4 nitrogen and oxygen atoms in total. The number of aryl methyl sites for hydroxylation is 1. The third-order valence-electron chi connectivity index (χ3n) is 2.10. The highest BCUT2D eigenvalue weighted by Gasteiger charge is 2.13. The number of nitrogens with two attached hydrogens (primary N) is 1. The lowest BCUT2D eigenvalue weighted by Crippen LogP contribution is -2.04. The zero-order chi connectivity index (χ0) is 11.5.